The van der Waals surface area contributed by atoms with Crippen LogP contribution in [0.25, 0.3) is 0 Å². The molecule has 0 spiro atoms. The molecular weight excluding hydrogens is 82.0 g/mol. The topological polar surface area (TPSA) is 41.2 Å². The molecule has 0 saturated carbocycles. The SMILES string of the molecule is CNCOC[O]. The van der Waals surface area contributed by atoms with Crippen molar-refractivity contribution in [1.82, 2.24) is 5.32 Å². The van der Waals surface area contributed by atoms with E-state index in [-0.39, 0.29) is 0 Å². The Hall–Kier alpha value is -0.120. The van der Waals surface area contributed by atoms with Crippen molar-refractivity contribution in [2.24, 2.45) is 0 Å². The second-order valence-electron chi connectivity index (χ2n) is 0.820. The Labute approximate surface area is 36.9 Å². The molecule has 0 atom stereocenters. The van der Waals surface area contributed by atoms with E-state index in [2.05, 4.69) is 10.1 Å². The first-order valence-electron chi connectivity index (χ1n) is 1.72. The summed E-state index contributed by atoms with van der Waals surface area (Å²) >= 11 is 0. The monoisotopic (exact) mass is 90.1 g/mol. The Morgan fingerprint density at radius 1 is 1.83 bits per heavy atom. The van der Waals surface area contributed by atoms with Gasteiger partial charge in [-0.2, -0.15) is 0 Å². The minimum Gasteiger partial charge on any atom is -0.337 e. The van der Waals surface area contributed by atoms with Gasteiger partial charge in [-0.3, -0.25) is 5.32 Å². The van der Waals surface area contributed by atoms with Crippen LogP contribution in [0.4, 0.5) is 0 Å². The van der Waals surface area contributed by atoms with Crippen LogP contribution in [0.15, 0.2) is 0 Å². The van der Waals surface area contributed by atoms with Gasteiger partial charge < -0.3 is 4.74 Å². The average Bonchev–Trinajstić information content (AvgIpc) is 1.61. The van der Waals surface area contributed by atoms with Crippen molar-refractivity contribution in [1.29, 1.82) is 0 Å². The molecule has 0 aliphatic rings. The maximum atomic E-state index is 9.43. The van der Waals surface area contributed by atoms with Gasteiger partial charge in [-0.1, -0.05) is 0 Å². The van der Waals surface area contributed by atoms with E-state index < -0.39 is 6.79 Å². The Balaban J connectivity index is 2.34. The number of hydrogen-bond donors (Lipinski definition) is 1. The lowest BCUT2D eigenvalue weighted by Gasteiger charge is -1.91. The van der Waals surface area contributed by atoms with Gasteiger partial charge in [-0.15, -0.1) is 0 Å². The van der Waals surface area contributed by atoms with E-state index in [0.29, 0.717) is 6.73 Å². The van der Waals surface area contributed by atoms with Crippen molar-refractivity contribution in [3.63, 3.8) is 0 Å². The fourth-order valence-corrected chi connectivity index (χ4v) is 0.144. The highest BCUT2D eigenvalue weighted by molar-refractivity contribution is 4.09. The third-order valence-corrected chi connectivity index (χ3v) is 0.330. The zero-order valence-electron chi connectivity index (χ0n) is 3.73. The van der Waals surface area contributed by atoms with Crippen molar-refractivity contribution < 1.29 is 9.84 Å². The van der Waals surface area contributed by atoms with Crippen molar-refractivity contribution in [2.45, 2.75) is 0 Å². The molecule has 0 bridgehead atoms. The van der Waals surface area contributed by atoms with Gasteiger partial charge in [0.2, 0.25) is 0 Å². The molecule has 0 aromatic rings. The predicted octanol–water partition coefficient (Wildman–Crippen LogP) is -0.432. The van der Waals surface area contributed by atoms with Crippen LogP contribution < -0.4 is 5.32 Å². The molecule has 0 fully saturated rings. The van der Waals surface area contributed by atoms with E-state index in [1.54, 1.807) is 7.05 Å². The molecule has 3 nitrogen and oxygen atoms in total. The minimum atomic E-state index is -0.458. The van der Waals surface area contributed by atoms with Crippen LogP contribution in [0.1, 0.15) is 0 Å². The Bertz CT molecular complexity index is 20.8. The Morgan fingerprint density at radius 2 is 2.50 bits per heavy atom. The lowest BCUT2D eigenvalue weighted by atomic mass is 11.1. The largest absolute Gasteiger partial charge is 0.337 e. The van der Waals surface area contributed by atoms with Gasteiger partial charge in [0.05, 0.1) is 6.73 Å². The van der Waals surface area contributed by atoms with Crippen LogP contribution >= 0.6 is 0 Å². The van der Waals surface area contributed by atoms with Crippen molar-refractivity contribution in [3.05, 3.63) is 0 Å². The second-order valence-corrected chi connectivity index (χ2v) is 0.820. The molecule has 0 saturated heterocycles. The predicted molar refractivity (Wildman–Crippen MR) is 20.6 cm³/mol. The summed E-state index contributed by atoms with van der Waals surface area (Å²) in [6.07, 6.45) is 0. The van der Waals surface area contributed by atoms with Gasteiger partial charge in [0, 0.05) is 0 Å². The van der Waals surface area contributed by atoms with Crippen LogP contribution in [-0.2, 0) is 9.84 Å². The molecule has 0 rings (SSSR count). The smallest absolute Gasteiger partial charge is 0.182 e. The highest BCUT2D eigenvalue weighted by atomic mass is 16.6. The van der Waals surface area contributed by atoms with E-state index >= 15 is 0 Å². The first kappa shape index (κ1) is 5.88. The van der Waals surface area contributed by atoms with E-state index in [0.717, 1.165) is 0 Å². The summed E-state index contributed by atoms with van der Waals surface area (Å²) in [4.78, 5) is 0. The number of ether oxygens (including phenoxy) is 1. The van der Waals surface area contributed by atoms with E-state index in [9.17, 15) is 5.11 Å². The van der Waals surface area contributed by atoms with Crippen LogP contribution in [0, 0.1) is 0 Å². The fraction of sp³-hybridized carbons (Fsp3) is 1.00. The molecule has 0 aromatic carbocycles. The summed E-state index contributed by atoms with van der Waals surface area (Å²) in [5.41, 5.74) is 0. The van der Waals surface area contributed by atoms with Crippen LogP contribution in [0.5, 0.6) is 0 Å². The number of nitrogens with one attached hydrogen (secondary N) is 1. The van der Waals surface area contributed by atoms with E-state index in [1.165, 1.54) is 0 Å². The van der Waals surface area contributed by atoms with Crippen LogP contribution in [0.2, 0.25) is 0 Å². The first-order valence-corrected chi connectivity index (χ1v) is 1.72. The lowest BCUT2D eigenvalue weighted by Crippen LogP contribution is -2.11. The summed E-state index contributed by atoms with van der Waals surface area (Å²) in [7, 11) is 1.72. The van der Waals surface area contributed by atoms with Crippen molar-refractivity contribution >= 4 is 0 Å². The Morgan fingerprint density at radius 3 is 2.67 bits per heavy atom. The zero-order chi connectivity index (χ0) is 4.83. The zero-order valence-corrected chi connectivity index (χ0v) is 3.73. The first-order chi connectivity index (χ1) is 2.91. The lowest BCUT2D eigenvalue weighted by molar-refractivity contribution is -0.0484. The molecule has 0 heterocycles. The highest BCUT2D eigenvalue weighted by Crippen LogP contribution is 1.59. The molecule has 37 valence electrons. The van der Waals surface area contributed by atoms with Gasteiger partial charge in [-0.05, 0) is 7.05 Å². The third kappa shape index (κ3) is 3.88. The maximum Gasteiger partial charge on any atom is 0.182 e. The van der Waals surface area contributed by atoms with Crippen LogP contribution in [0.3, 0.4) is 0 Å². The quantitative estimate of drug-likeness (QED) is 0.377. The standard InChI is InChI=1S/C3H8NO2/c1-4-2-6-3-5/h4H,2-3H2,1H3. The molecule has 1 N–H and O–H groups in total. The molecule has 0 unspecified atom stereocenters. The second kappa shape index (κ2) is 4.88. The molecule has 3 heteroatoms. The van der Waals surface area contributed by atoms with Gasteiger partial charge >= 0.3 is 0 Å². The van der Waals surface area contributed by atoms with Gasteiger partial charge in [-0.25, -0.2) is 5.11 Å². The summed E-state index contributed by atoms with van der Waals surface area (Å²) in [5, 5.41) is 12.1. The summed E-state index contributed by atoms with van der Waals surface area (Å²) in [5.74, 6) is 0. The van der Waals surface area contributed by atoms with Gasteiger partial charge in [0.15, 0.2) is 6.79 Å². The number of rotatable bonds is 3. The summed E-state index contributed by atoms with van der Waals surface area (Å²) in [6.45, 7) is -0.107. The molecule has 0 amide bonds. The fourth-order valence-electron chi connectivity index (χ4n) is 0.144. The van der Waals surface area contributed by atoms with Gasteiger partial charge in [0.1, 0.15) is 0 Å². The van der Waals surface area contributed by atoms with Crippen molar-refractivity contribution in [3.8, 4) is 0 Å². The highest BCUT2D eigenvalue weighted by Gasteiger charge is 1.72. The van der Waals surface area contributed by atoms with Crippen molar-refractivity contribution in [2.75, 3.05) is 20.6 Å². The maximum absolute atomic E-state index is 9.43. The van der Waals surface area contributed by atoms with E-state index in [1.807, 2.05) is 0 Å². The molecule has 6 heavy (non-hydrogen) atoms. The third-order valence-electron chi connectivity index (χ3n) is 0.330. The average molecular weight is 90.1 g/mol. The minimum absolute atomic E-state index is 0.351. The molecule has 0 aliphatic heterocycles. The Kier molecular flexibility index (Phi) is 4.78. The number of hydrogen-bond acceptors (Lipinski definition) is 2. The molecule has 1 radical (unpaired) electrons. The molecular formula is C3H8NO2. The summed E-state index contributed by atoms with van der Waals surface area (Å²) < 4.78 is 4.32. The normalized spacial score (nSPS) is 9.00. The summed E-state index contributed by atoms with van der Waals surface area (Å²) in [6, 6.07) is 0. The molecule has 0 aliphatic carbocycles. The van der Waals surface area contributed by atoms with Gasteiger partial charge in [0.25, 0.3) is 0 Å². The van der Waals surface area contributed by atoms with E-state index in [4.69, 9.17) is 0 Å². The molecule has 0 aromatic heterocycles. The van der Waals surface area contributed by atoms with Crippen LogP contribution in [-0.4, -0.2) is 20.6 Å².